The molecule has 4 nitrogen and oxygen atoms in total. The lowest BCUT2D eigenvalue weighted by Crippen LogP contribution is -2.31. The average molecular weight is 300 g/mol. The van der Waals surface area contributed by atoms with Gasteiger partial charge in [-0.2, -0.15) is 0 Å². The molecular weight excluding hydrogens is 290 g/mol. The van der Waals surface area contributed by atoms with Crippen LogP contribution >= 0.6 is 11.6 Å². The van der Waals surface area contributed by atoms with Crippen LogP contribution in [0.1, 0.15) is 11.1 Å². The van der Waals surface area contributed by atoms with Gasteiger partial charge in [-0.15, -0.1) is 0 Å². The summed E-state index contributed by atoms with van der Waals surface area (Å²) in [5.74, 6) is -0.543. The van der Waals surface area contributed by atoms with Crippen LogP contribution in [0.3, 0.4) is 0 Å². The Morgan fingerprint density at radius 2 is 1.76 bits per heavy atom. The number of hydrogen-bond acceptors (Lipinski definition) is 2. The van der Waals surface area contributed by atoms with Crippen LogP contribution in [0.15, 0.2) is 48.5 Å². The lowest BCUT2D eigenvalue weighted by Gasteiger charge is -2.09. The molecule has 0 atom stereocenters. The number of benzene rings is 2. The third-order valence-electron chi connectivity index (χ3n) is 3.24. The molecule has 0 saturated carbocycles. The minimum atomic E-state index is -1.29. The van der Waals surface area contributed by atoms with Crippen molar-refractivity contribution >= 4 is 40.9 Å². The van der Waals surface area contributed by atoms with Crippen LogP contribution in [0.5, 0.6) is 0 Å². The lowest BCUT2D eigenvalue weighted by atomic mass is 10.0. The van der Waals surface area contributed by atoms with Gasteiger partial charge in [0.25, 0.3) is 5.91 Å². The quantitative estimate of drug-likeness (QED) is 0.812. The van der Waals surface area contributed by atoms with E-state index in [1.54, 1.807) is 54.6 Å². The SMILES string of the molecule is O=C(O)N1C(=O)C(=Cc2ccc(Cl)cc2)c2ccccc21. The lowest BCUT2D eigenvalue weighted by molar-refractivity contribution is -0.112. The minimum Gasteiger partial charge on any atom is -0.464 e. The minimum absolute atomic E-state index is 0.357. The molecule has 0 spiro atoms. The summed E-state index contributed by atoms with van der Waals surface area (Å²) in [6.45, 7) is 0. The van der Waals surface area contributed by atoms with E-state index < -0.39 is 12.0 Å². The molecule has 2 aromatic carbocycles. The average Bonchev–Trinajstić information content (AvgIpc) is 2.74. The van der Waals surface area contributed by atoms with Gasteiger partial charge in [0.15, 0.2) is 0 Å². The number of halogens is 1. The van der Waals surface area contributed by atoms with Crippen molar-refractivity contribution in [2.75, 3.05) is 4.90 Å². The predicted molar refractivity (Wildman–Crippen MR) is 81.3 cm³/mol. The number of nitrogens with zero attached hydrogens (tertiary/aromatic N) is 1. The Morgan fingerprint density at radius 3 is 2.43 bits per heavy atom. The van der Waals surface area contributed by atoms with E-state index in [-0.39, 0.29) is 0 Å². The van der Waals surface area contributed by atoms with Crippen LogP contribution in [0.2, 0.25) is 5.02 Å². The summed E-state index contributed by atoms with van der Waals surface area (Å²) in [7, 11) is 0. The van der Waals surface area contributed by atoms with Crippen molar-refractivity contribution in [3.63, 3.8) is 0 Å². The van der Waals surface area contributed by atoms with Crippen LogP contribution in [0.4, 0.5) is 10.5 Å². The molecule has 3 rings (SSSR count). The first-order chi connectivity index (χ1) is 10.1. The molecule has 0 fully saturated rings. The van der Waals surface area contributed by atoms with Crippen molar-refractivity contribution in [3.8, 4) is 0 Å². The Hall–Kier alpha value is -2.59. The van der Waals surface area contributed by atoms with Crippen LogP contribution in [-0.4, -0.2) is 17.1 Å². The summed E-state index contributed by atoms with van der Waals surface area (Å²) in [6.07, 6.45) is 0.382. The van der Waals surface area contributed by atoms with Crippen LogP contribution in [0.25, 0.3) is 11.6 Å². The molecule has 0 aliphatic carbocycles. The molecule has 0 radical (unpaired) electrons. The highest BCUT2D eigenvalue weighted by atomic mass is 35.5. The Bertz CT molecular complexity index is 765. The van der Waals surface area contributed by atoms with Gasteiger partial charge in [0.2, 0.25) is 0 Å². The Balaban J connectivity index is 2.13. The Morgan fingerprint density at radius 1 is 1.10 bits per heavy atom. The van der Waals surface area contributed by atoms with Gasteiger partial charge in [0.1, 0.15) is 0 Å². The fourth-order valence-corrected chi connectivity index (χ4v) is 2.42. The molecule has 5 heteroatoms. The van der Waals surface area contributed by atoms with E-state index in [1.807, 2.05) is 0 Å². The van der Waals surface area contributed by atoms with Crippen LogP contribution in [-0.2, 0) is 4.79 Å². The molecule has 1 N–H and O–H groups in total. The zero-order valence-electron chi connectivity index (χ0n) is 10.8. The van der Waals surface area contributed by atoms with Gasteiger partial charge < -0.3 is 5.11 Å². The molecule has 1 heterocycles. The van der Waals surface area contributed by atoms with Gasteiger partial charge in [-0.3, -0.25) is 4.79 Å². The van der Waals surface area contributed by atoms with Crippen molar-refractivity contribution in [2.24, 2.45) is 0 Å². The highest BCUT2D eigenvalue weighted by Crippen LogP contribution is 2.37. The number of carbonyl (C=O) groups excluding carboxylic acids is 1. The highest BCUT2D eigenvalue weighted by Gasteiger charge is 2.36. The molecule has 21 heavy (non-hydrogen) atoms. The number of amides is 2. The van der Waals surface area contributed by atoms with E-state index in [9.17, 15) is 14.7 Å². The number of anilines is 1. The second-order valence-electron chi connectivity index (χ2n) is 4.55. The van der Waals surface area contributed by atoms with Gasteiger partial charge >= 0.3 is 6.09 Å². The van der Waals surface area contributed by atoms with Crippen molar-refractivity contribution in [3.05, 3.63) is 64.7 Å². The molecule has 1 aliphatic rings. The van der Waals surface area contributed by atoms with E-state index in [0.29, 0.717) is 21.8 Å². The topological polar surface area (TPSA) is 57.6 Å². The van der Waals surface area contributed by atoms with E-state index in [1.165, 1.54) is 0 Å². The number of fused-ring (bicyclic) bond motifs is 1. The first-order valence-electron chi connectivity index (χ1n) is 6.22. The Kier molecular flexibility index (Phi) is 3.23. The maximum Gasteiger partial charge on any atom is 0.419 e. The number of para-hydroxylation sites is 1. The summed E-state index contributed by atoms with van der Waals surface area (Å²) in [5, 5.41) is 9.81. The zero-order valence-corrected chi connectivity index (χ0v) is 11.5. The molecule has 0 aromatic heterocycles. The third-order valence-corrected chi connectivity index (χ3v) is 3.49. The number of hydrogen-bond donors (Lipinski definition) is 1. The molecule has 2 amide bonds. The first kappa shape index (κ1) is 13.4. The van der Waals surface area contributed by atoms with Crippen LogP contribution in [0, 0.1) is 0 Å². The van der Waals surface area contributed by atoms with Gasteiger partial charge in [-0.1, -0.05) is 41.9 Å². The first-order valence-corrected chi connectivity index (χ1v) is 6.60. The molecule has 104 valence electrons. The highest BCUT2D eigenvalue weighted by molar-refractivity contribution is 6.41. The van der Waals surface area contributed by atoms with E-state index in [0.717, 1.165) is 10.5 Å². The maximum absolute atomic E-state index is 12.3. The van der Waals surface area contributed by atoms with Gasteiger partial charge in [-0.05, 0) is 29.8 Å². The molecule has 1 aliphatic heterocycles. The maximum atomic E-state index is 12.3. The largest absolute Gasteiger partial charge is 0.464 e. The van der Waals surface area contributed by atoms with Crippen molar-refractivity contribution in [2.45, 2.75) is 0 Å². The van der Waals surface area contributed by atoms with Gasteiger partial charge in [0.05, 0.1) is 11.3 Å². The summed E-state index contributed by atoms with van der Waals surface area (Å²) in [5.41, 5.74) is 2.13. The number of rotatable bonds is 1. The summed E-state index contributed by atoms with van der Waals surface area (Å²) < 4.78 is 0. The standard InChI is InChI=1S/C16H10ClNO3/c17-11-7-5-10(6-8-11)9-13-12-3-1-2-4-14(12)18(15(13)19)16(20)21/h1-9H,(H,20,21). The molecule has 0 unspecified atom stereocenters. The molecule has 2 aromatic rings. The summed E-state index contributed by atoms with van der Waals surface area (Å²) in [6, 6.07) is 13.8. The Labute approximate surface area is 125 Å². The van der Waals surface area contributed by atoms with E-state index >= 15 is 0 Å². The van der Waals surface area contributed by atoms with Crippen molar-refractivity contribution in [1.82, 2.24) is 0 Å². The number of carboxylic acid groups (broad SMARTS) is 1. The summed E-state index contributed by atoms with van der Waals surface area (Å²) in [4.78, 5) is 24.4. The van der Waals surface area contributed by atoms with Crippen LogP contribution < -0.4 is 4.90 Å². The van der Waals surface area contributed by atoms with Gasteiger partial charge in [-0.25, -0.2) is 9.69 Å². The number of carbonyl (C=O) groups is 2. The van der Waals surface area contributed by atoms with Gasteiger partial charge in [0, 0.05) is 10.6 Å². The van der Waals surface area contributed by atoms with Crippen molar-refractivity contribution in [1.29, 1.82) is 0 Å². The molecule has 0 saturated heterocycles. The fraction of sp³-hybridized carbons (Fsp3) is 0. The van der Waals surface area contributed by atoms with Crippen molar-refractivity contribution < 1.29 is 14.7 Å². The normalized spacial score (nSPS) is 15.4. The smallest absolute Gasteiger partial charge is 0.419 e. The molecule has 0 bridgehead atoms. The predicted octanol–water partition coefficient (Wildman–Crippen LogP) is 3.91. The monoisotopic (exact) mass is 299 g/mol. The van der Waals surface area contributed by atoms with E-state index in [2.05, 4.69) is 0 Å². The third kappa shape index (κ3) is 2.30. The fourth-order valence-electron chi connectivity index (χ4n) is 2.30. The van der Waals surface area contributed by atoms with E-state index in [4.69, 9.17) is 11.6 Å². The molecular formula is C16H10ClNO3. The summed E-state index contributed by atoms with van der Waals surface area (Å²) >= 11 is 5.83. The zero-order chi connectivity index (χ0) is 15.0. The number of imide groups is 1. The second kappa shape index (κ2) is 5.07. The second-order valence-corrected chi connectivity index (χ2v) is 4.99.